The van der Waals surface area contributed by atoms with Gasteiger partial charge in [-0.25, -0.2) is 8.78 Å². The average molecular weight is 227 g/mol. The number of benzene rings is 1. The van der Waals surface area contributed by atoms with Gasteiger partial charge in [0.15, 0.2) is 0 Å². The lowest BCUT2D eigenvalue weighted by molar-refractivity contribution is 0.302. The van der Waals surface area contributed by atoms with E-state index in [9.17, 15) is 8.78 Å². The van der Waals surface area contributed by atoms with Crippen LogP contribution in [0.4, 0.5) is 8.78 Å². The maximum atomic E-state index is 13.0. The van der Waals surface area contributed by atoms with Crippen molar-refractivity contribution in [3.05, 3.63) is 35.4 Å². The van der Waals surface area contributed by atoms with Crippen LogP contribution >= 0.6 is 0 Å². The molecule has 0 heterocycles. The zero-order valence-corrected chi connectivity index (χ0v) is 9.89. The molecule has 0 spiro atoms. The Bertz CT molecular complexity index is 332. The van der Waals surface area contributed by atoms with Gasteiger partial charge < -0.3 is 5.73 Å². The summed E-state index contributed by atoms with van der Waals surface area (Å²) < 4.78 is 26.0. The highest BCUT2D eigenvalue weighted by Crippen LogP contribution is 2.27. The quantitative estimate of drug-likeness (QED) is 0.820. The fraction of sp³-hybridized carbons (Fsp3) is 0.538. The van der Waals surface area contributed by atoms with Gasteiger partial charge in [-0.1, -0.05) is 20.3 Å². The Labute approximate surface area is 95.7 Å². The molecule has 1 atom stereocenters. The zero-order valence-electron chi connectivity index (χ0n) is 9.89. The van der Waals surface area contributed by atoms with Crippen molar-refractivity contribution in [3.63, 3.8) is 0 Å². The van der Waals surface area contributed by atoms with Gasteiger partial charge >= 0.3 is 0 Å². The van der Waals surface area contributed by atoms with Crippen LogP contribution in [-0.2, 0) is 6.42 Å². The van der Waals surface area contributed by atoms with Crippen molar-refractivity contribution in [1.29, 1.82) is 0 Å². The zero-order chi connectivity index (χ0) is 12.2. The fourth-order valence-electron chi connectivity index (χ4n) is 2.07. The molecule has 0 bridgehead atoms. The van der Waals surface area contributed by atoms with E-state index in [2.05, 4.69) is 13.8 Å². The molecule has 0 fully saturated rings. The molecule has 2 N–H and O–H groups in total. The van der Waals surface area contributed by atoms with Crippen LogP contribution in [0.25, 0.3) is 0 Å². The van der Waals surface area contributed by atoms with E-state index in [1.54, 1.807) is 0 Å². The minimum Gasteiger partial charge on any atom is -0.330 e. The molecule has 0 amide bonds. The molecule has 1 rings (SSSR count). The fourth-order valence-corrected chi connectivity index (χ4v) is 2.07. The van der Waals surface area contributed by atoms with Crippen LogP contribution in [0, 0.1) is 17.0 Å². The highest BCUT2D eigenvalue weighted by Gasteiger charge is 2.22. The predicted molar refractivity (Wildman–Crippen MR) is 62.1 cm³/mol. The normalized spacial score (nSPS) is 14.8. The van der Waals surface area contributed by atoms with Crippen LogP contribution in [-0.4, -0.2) is 6.54 Å². The van der Waals surface area contributed by atoms with E-state index in [0.29, 0.717) is 18.5 Å². The van der Waals surface area contributed by atoms with E-state index in [-0.39, 0.29) is 5.41 Å². The predicted octanol–water partition coefficient (Wildman–Crippen LogP) is 3.27. The van der Waals surface area contributed by atoms with Gasteiger partial charge in [0.05, 0.1) is 0 Å². The summed E-state index contributed by atoms with van der Waals surface area (Å²) in [6, 6.07) is 3.66. The van der Waals surface area contributed by atoms with Crippen LogP contribution in [0.2, 0.25) is 0 Å². The highest BCUT2D eigenvalue weighted by atomic mass is 19.1. The van der Waals surface area contributed by atoms with Crippen molar-refractivity contribution in [2.24, 2.45) is 11.1 Å². The third kappa shape index (κ3) is 3.56. The molecule has 0 aliphatic carbocycles. The summed E-state index contributed by atoms with van der Waals surface area (Å²) in [4.78, 5) is 0. The van der Waals surface area contributed by atoms with Gasteiger partial charge in [0.2, 0.25) is 0 Å². The van der Waals surface area contributed by atoms with Crippen LogP contribution < -0.4 is 5.73 Å². The lowest BCUT2D eigenvalue weighted by Crippen LogP contribution is -2.29. The summed E-state index contributed by atoms with van der Waals surface area (Å²) in [6.45, 7) is 4.67. The minimum atomic E-state index is -0.522. The van der Waals surface area contributed by atoms with Crippen molar-refractivity contribution >= 4 is 0 Å². The van der Waals surface area contributed by atoms with Crippen LogP contribution in [0.5, 0.6) is 0 Å². The smallest absolute Gasteiger partial charge is 0.126 e. The summed E-state index contributed by atoms with van der Waals surface area (Å²) in [5.41, 5.74) is 6.33. The molecule has 1 aromatic rings. The monoisotopic (exact) mass is 227 g/mol. The molecule has 0 aliphatic rings. The molecule has 0 aliphatic heterocycles. The Morgan fingerprint density at radius 3 is 2.19 bits per heavy atom. The number of hydrogen-bond donors (Lipinski definition) is 1. The number of halogens is 2. The van der Waals surface area contributed by atoms with E-state index >= 15 is 0 Å². The first-order valence-corrected chi connectivity index (χ1v) is 5.64. The second kappa shape index (κ2) is 5.39. The Balaban J connectivity index is 2.85. The van der Waals surface area contributed by atoms with Gasteiger partial charge in [-0.15, -0.1) is 0 Å². The first-order chi connectivity index (χ1) is 7.49. The molecule has 0 saturated heterocycles. The minimum absolute atomic E-state index is 0.0744. The van der Waals surface area contributed by atoms with Gasteiger partial charge in [0.1, 0.15) is 11.6 Å². The van der Waals surface area contributed by atoms with E-state index in [1.165, 1.54) is 12.1 Å². The molecule has 3 heteroatoms. The Morgan fingerprint density at radius 1 is 1.19 bits per heavy atom. The van der Waals surface area contributed by atoms with E-state index in [1.807, 2.05) is 0 Å². The molecular weight excluding hydrogens is 208 g/mol. The molecule has 90 valence electrons. The molecule has 1 nitrogen and oxygen atoms in total. The van der Waals surface area contributed by atoms with E-state index < -0.39 is 11.6 Å². The van der Waals surface area contributed by atoms with Crippen LogP contribution in [0.1, 0.15) is 32.3 Å². The van der Waals surface area contributed by atoms with Gasteiger partial charge in [-0.2, -0.15) is 0 Å². The van der Waals surface area contributed by atoms with E-state index in [4.69, 9.17) is 5.73 Å². The maximum Gasteiger partial charge on any atom is 0.126 e. The molecular formula is C13H19F2N. The van der Waals surface area contributed by atoms with E-state index in [0.717, 1.165) is 18.9 Å². The third-order valence-electron chi connectivity index (χ3n) is 2.90. The largest absolute Gasteiger partial charge is 0.330 e. The highest BCUT2D eigenvalue weighted by molar-refractivity contribution is 5.19. The van der Waals surface area contributed by atoms with Gasteiger partial charge in [-0.3, -0.25) is 0 Å². The third-order valence-corrected chi connectivity index (χ3v) is 2.90. The van der Waals surface area contributed by atoms with Crippen LogP contribution in [0.3, 0.4) is 0 Å². The molecule has 0 radical (unpaired) electrons. The van der Waals surface area contributed by atoms with Crippen molar-refractivity contribution in [3.8, 4) is 0 Å². The van der Waals surface area contributed by atoms with Crippen molar-refractivity contribution in [1.82, 2.24) is 0 Å². The first kappa shape index (κ1) is 13.1. The van der Waals surface area contributed by atoms with Crippen molar-refractivity contribution in [2.75, 3.05) is 6.54 Å². The molecule has 0 aromatic heterocycles. The second-order valence-corrected chi connectivity index (χ2v) is 4.72. The standard InChI is InChI=1S/C13H19F2N/c1-3-4-13(2,9-16)8-10-5-11(14)7-12(15)6-10/h5-7H,3-4,8-9,16H2,1-2H3. The summed E-state index contributed by atoms with van der Waals surface area (Å²) >= 11 is 0. The summed E-state index contributed by atoms with van der Waals surface area (Å²) in [6.07, 6.45) is 2.60. The second-order valence-electron chi connectivity index (χ2n) is 4.72. The molecule has 0 saturated carbocycles. The topological polar surface area (TPSA) is 26.0 Å². The average Bonchev–Trinajstić information content (AvgIpc) is 2.16. The number of hydrogen-bond acceptors (Lipinski definition) is 1. The summed E-state index contributed by atoms with van der Waals surface area (Å²) in [5, 5.41) is 0. The Hall–Kier alpha value is -0.960. The van der Waals surface area contributed by atoms with Crippen molar-refractivity contribution < 1.29 is 8.78 Å². The maximum absolute atomic E-state index is 13.0. The van der Waals surface area contributed by atoms with Crippen LogP contribution in [0.15, 0.2) is 18.2 Å². The SMILES string of the molecule is CCCC(C)(CN)Cc1cc(F)cc(F)c1. The Kier molecular flexibility index (Phi) is 4.42. The van der Waals surface area contributed by atoms with Gasteiger partial charge in [0, 0.05) is 6.07 Å². The summed E-state index contributed by atoms with van der Waals surface area (Å²) in [7, 11) is 0. The number of rotatable bonds is 5. The summed E-state index contributed by atoms with van der Waals surface area (Å²) in [5.74, 6) is -1.04. The lowest BCUT2D eigenvalue weighted by Gasteiger charge is -2.27. The molecule has 1 aromatic carbocycles. The molecule has 16 heavy (non-hydrogen) atoms. The first-order valence-electron chi connectivity index (χ1n) is 5.64. The van der Waals surface area contributed by atoms with Gasteiger partial charge in [0.25, 0.3) is 0 Å². The molecule has 1 unspecified atom stereocenters. The van der Waals surface area contributed by atoms with Crippen molar-refractivity contribution in [2.45, 2.75) is 33.1 Å². The number of nitrogens with two attached hydrogens (primary N) is 1. The lowest BCUT2D eigenvalue weighted by atomic mass is 9.80. The van der Waals surface area contributed by atoms with Gasteiger partial charge in [-0.05, 0) is 42.5 Å². The Morgan fingerprint density at radius 2 is 1.75 bits per heavy atom.